The third kappa shape index (κ3) is 7.09. The molecule has 0 heterocycles. The molecule has 0 saturated carbocycles. The van der Waals surface area contributed by atoms with Crippen LogP contribution < -0.4 is 15.8 Å². The van der Waals surface area contributed by atoms with Crippen LogP contribution in [0.1, 0.15) is 45.4 Å². The summed E-state index contributed by atoms with van der Waals surface area (Å²) in [6, 6.07) is 4.15. The van der Waals surface area contributed by atoms with Crippen LogP contribution in [0.4, 0.5) is 10.1 Å². The molecule has 0 radical (unpaired) electrons. The normalized spacial score (nSPS) is 10.4. The van der Waals surface area contributed by atoms with E-state index in [1.165, 1.54) is 18.2 Å². The fraction of sp³-hybridized carbons (Fsp3) is 0.562. The summed E-state index contributed by atoms with van der Waals surface area (Å²) < 4.78 is 18.7. The van der Waals surface area contributed by atoms with Crippen LogP contribution >= 0.6 is 0 Å². The molecule has 0 aromatic heterocycles. The molecule has 4 nitrogen and oxygen atoms in total. The molecule has 0 saturated heterocycles. The third-order valence-corrected chi connectivity index (χ3v) is 3.04. The lowest BCUT2D eigenvalue weighted by atomic mass is 10.1. The zero-order valence-electron chi connectivity index (χ0n) is 12.7. The van der Waals surface area contributed by atoms with Crippen LogP contribution in [0.2, 0.25) is 0 Å². The Kier molecular flexibility index (Phi) is 8.43. The van der Waals surface area contributed by atoms with E-state index in [4.69, 9.17) is 10.5 Å². The molecule has 0 atom stereocenters. The Balaban J connectivity index is 2.47. The molecule has 0 bridgehead atoms. The summed E-state index contributed by atoms with van der Waals surface area (Å²) in [7, 11) is 0. The topological polar surface area (TPSA) is 64.3 Å². The van der Waals surface area contributed by atoms with Gasteiger partial charge in [0.15, 0.2) is 0 Å². The van der Waals surface area contributed by atoms with Crippen molar-refractivity contribution in [1.29, 1.82) is 0 Å². The first-order chi connectivity index (χ1) is 10.2. The van der Waals surface area contributed by atoms with Gasteiger partial charge in [-0.05, 0) is 37.9 Å². The number of unbranched alkanes of at least 4 members (excludes halogenated alkanes) is 3. The Morgan fingerprint density at radius 2 is 2.05 bits per heavy atom. The molecule has 0 aliphatic carbocycles. The first-order valence-electron chi connectivity index (χ1n) is 7.59. The fourth-order valence-corrected chi connectivity index (χ4v) is 1.93. The fourth-order valence-electron chi connectivity index (χ4n) is 1.93. The maximum atomic E-state index is 13.2. The third-order valence-electron chi connectivity index (χ3n) is 3.04. The number of rotatable bonds is 10. The van der Waals surface area contributed by atoms with Crippen LogP contribution in [0, 0.1) is 5.82 Å². The van der Waals surface area contributed by atoms with E-state index in [1.54, 1.807) is 0 Å². The SMILES string of the molecule is CCCOc1cc(F)ccc1NC(=O)CCCCCCN. The predicted molar refractivity (Wildman–Crippen MR) is 83.0 cm³/mol. The maximum absolute atomic E-state index is 13.2. The lowest BCUT2D eigenvalue weighted by molar-refractivity contribution is -0.116. The highest BCUT2D eigenvalue weighted by Gasteiger charge is 2.09. The average Bonchev–Trinajstić information content (AvgIpc) is 2.47. The van der Waals surface area contributed by atoms with Crippen molar-refractivity contribution < 1.29 is 13.9 Å². The number of carbonyl (C=O) groups excluding carboxylic acids is 1. The standard InChI is InChI=1S/C16H25FN2O2/c1-2-11-21-15-12-13(17)8-9-14(15)19-16(20)7-5-3-4-6-10-18/h8-9,12H,2-7,10-11,18H2,1H3,(H,19,20). The molecule has 0 aliphatic heterocycles. The van der Waals surface area contributed by atoms with Gasteiger partial charge in [-0.15, -0.1) is 0 Å². The number of amides is 1. The lowest BCUT2D eigenvalue weighted by Gasteiger charge is -2.12. The minimum absolute atomic E-state index is 0.0734. The molecule has 3 N–H and O–H groups in total. The molecule has 1 aromatic carbocycles. The zero-order chi connectivity index (χ0) is 15.5. The van der Waals surface area contributed by atoms with Crippen molar-refractivity contribution in [2.75, 3.05) is 18.5 Å². The molecule has 0 unspecified atom stereocenters. The molecule has 0 aliphatic rings. The van der Waals surface area contributed by atoms with Crippen molar-refractivity contribution in [1.82, 2.24) is 0 Å². The Labute approximate surface area is 125 Å². The Bertz CT molecular complexity index is 438. The summed E-state index contributed by atoms with van der Waals surface area (Å²) in [4.78, 5) is 11.9. The Hall–Kier alpha value is -1.62. The Morgan fingerprint density at radius 3 is 2.76 bits per heavy atom. The predicted octanol–water partition coefficient (Wildman–Crippen LogP) is 3.46. The van der Waals surface area contributed by atoms with Gasteiger partial charge in [0.05, 0.1) is 12.3 Å². The van der Waals surface area contributed by atoms with Gasteiger partial charge in [0, 0.05) is 12.5 Å². The summed E-state index contributed by atoms with van der Waals surface area (Å²) in [5, 5.41) is 2.78. The van der Waals surface area contributed by atoms with Crippen molar-refractivity contribution in [3.63, 3.8) is 0 Å². The van der Waals surface area contributed by atoms with Gasteiger partial charge in [0.1, 0.15) is 11.6 Å². The highest BCUT2D eigenvalue weighted by atomic mass is 19.1. The summed E-state index contributed by atoms with van der Waals surface area (Å²) >= 11 is 0. The molecule has 118 valence electrons. The number of halogens is 1. The summed E-state index contributed by atoms with van der Waals surface area (Å²) in [6.45, 7) is 3.16. The second-order valence-electron chi connectivity index (χ2n) is 4.99. The van der Waals surface area contributed by atoms with Gasteiger partial charge in [0.25, 0.3) is 0 Å². The van der Waals surface area contributed by atoms with Crippen molar-refractivity contribution in [2.45, 2.75) is 45.4 Å². The van der Waals surface area contributed by atoms with Crippen molar-refractivity contribution in [2.24, 2.45) is 5.73 Å². The summed E-state index contributed by atoms with van der Waals surface area (Å²) in [6.07, 6.45) is 5.14. The smallest absolute Gasteiger partial charge is 0.224 e. The molecule has 0 fully saturated rings. The first-order valence-corrected chi connectivity index (χ1v) is 7.59. The second-order valence-corrected chi connectivity index (χ2v) is 4.99. The minimum Gasteiger partial charge on any atom is -0.491 e. The number of benzene rings is 1. The quantitative estimate of drug-likeness (QED) is 0.650. The van der Waals surface area contributed by atoms with Crippen molar-refractivity contribution in [3.8, 4) is 5.75 Å². The summed E-state index contributed by atoms with van der Waals surface area (Å²) in [5.41, 5.74) is 5.94. The van der Waals surface area contributed by atoms with Crippen LogP contribution in [0.15, 0.2) is 18.2 Å². The number of hydrogen-bond acceptors (Lipinski definition) is 3. The van der Waals surface area contributed by atoms with E-state index >= 15 is 0 Å². The van der Waals surface area contributed by atoms with E-state index in [-0.39, 0.29) is 11.7 Å². The number of carbonyl (C=O) groups is 1. The first kappa shape index (κ1) is 17.4. The largest absolute Gasteiger partial charge is 0.491 e. The number of anilines is 1. The molecule has 5 heteroatoms. The van der Waals surface area contributed by atoms with Gasteiger partial charge in [-0.3, -0.25) is 4.79 Å². The molecule has 1 aromatic rings. The molecule has 1 rings (SSSR count). The van der Waals surface area contributed by atoms with E-state index in [2.05, 4.69) is 5.32 Å². The molecule has 21 heavy (non-hydrogen) atoms. The average molecular weight is 296 g/mol. The zero-order valence-corrected chi connectivity index (χ0v) is 12.7. The lowest BCUT2D eigenvalue weighted by Crippen LogP contribution is -2.12. The van der Waals surface area contributed by atoms with Crippen LogP contribution in [-0.2, 0) is 4.79 Å². The second kappa shape index (κ2) is 10.2. The number of hydrogen-bond donors (Lipinski definition) is 2. The van der Waals surface area contributed by atoms with Crippen molar-refractivity contribution in [3.05, 3.63) is 24.0 Å². The Morgan fingerprint density at radius 1 is 1.29 bits per heavy atom. The highest BCUT2D eigenvalue weighted by molar-refractivity contribution is 5.92. The number of ether oxygens (including phenoxy) is 1. The molecule has 0 spiro atoms. The van der Waals surface area contributed by atoms with E-state index in [1.807, 2.05) is 6.92 Å². The van der Waals surface area contributed by atoms with Crippen LogP contribution in [-0.4, -0.2) is 19.1 Å². The van der Waals surface area contributed by atoms with Crippen LogP contribution in [0.5, 0.6) is 5.75 Å². The monoisotopic (exact) mass is 296 g/mol. The van der Waals surface area contributed by atoms with Gasteiger partial charge in [0.2, 0.25) is 5.91 Å². The minimum atomic E-state index is -0.374. The van der Waals surface area contributed by atoms with Gasteiger partial charge in [-0.1, -0.05) is 19.8 Å². The van der Waals surface area contributed by atoms with E-state index in [9.17, 15) is 9.18 Å². The number of nitrogens with two attached hydrogens (primary N) is 1. The maximum Gasteiger partial charge on any atom is 0.224 e. The van der Waals surface area contributed by atoms with Gasteiger partial charge in [-0.25, -0.2) is 4.39 Å². The van der Waals surface area contributed by atoms with E-state index in [0.717, 1.165) is 32.1 Å². The van der Waals surface area contributed by atoms with Crippen LogP contribution in [0.3, 0.4) is 0 Å². The van der Waals surface area contributed by atoms with Crippen molar-refractivity contribution >= 4 is 11.6 Å². The van der Waals surface area contributed by atoms with E-state index < -0.39 is 0 Å². The van der Waals surface area contributed by atoms with Gasteiger partial charge in [-0.2, -0.15) is 0 Å². The highest BCUT2D eigenvalue weighted by Crippen LogP contribution is 2.26. The molecule has 1 amide bonds. The van der Waals surface area contributed by atoms with E-state index in [0.29, 0.717) is 31.0 Å². The van der Waals surface area contributed by atoms with Gasteiger partial charge >= 0.3 is 0 Å². The molecular weight excluding hydrogens is 271 g/mol. The van der Waals surface area contributed by atoms with Gasteiger partial charge < -0.3 is 15.8 Å². The number of nitrogens with one attached hydrogen (secondary N) is 1. The van der Waals surface area contributed by atoms with Crippen LogP contribution in [0.25, 0.3) is 0 Å². The summed E-state index contributed by atoms with van der Waals surface area (Å²) in [5.74, 6) is -0.0649. The molecular formula is C16H25FN2O2.